The lowest BCUT2D eigenvalue weighted by Crippen LogP contribution is -2.37. The van der Waals surface area contributed by atoms with Gasteiger partial charge in [0.25, 0.3) is 0 Å². The Morgan fingerprint density at radius 3 is 2.67 bits per heavy atom. The monoisotopic (exact) mass is 181 g/mol. The van der Waals surface area contributed by atoms with Gasteiger partial charge in [0.15, 0.2) is 0 Å². The van der Waals surface area contributed by atoms with E-state index < -0.39 is 0 Å². The fourth-order valence-corrected chi connectivity index (χ4v) is 1.92. The standard InChI is InChI=1S/C10H12ClN/c1-12-7-6-10(12)8-4-2-3-5-9(8)11/h2-5,10H,6-7H2,1H3/t10-/m0/s1. The molecule has 1 aliphatic rings. The van der Waals surface area contributed by atoms with Crippen molar-refractivity contribution in [2.75, 3.05) is 13.6 Å². The summed E-state index contributed by atoms with van der Waals surface area (Å²) in [6, 6.07) is 8.66. The molecule has 1 fully saturated rings. The molecule has 0 radical (unpaired) electrons. The van der Waals surface area contributed by atoms with Gasteiger partial charge in [-0.05, 0) is 25.1 Å². The first-order chi connectivity index (χ1) is 5.79. The summed E-state index contributed by atoms with van der Waals surface area (Å²) in [4.78, 5) is 2.32. The van der Waals surface area contributed by atoms with Gasteiger partial charge in [-0.3, -0.25) is 4.90 Å². The van der Waals surface area contributed by atoms with Gasteiger partial charge >= 0.3 is 0 Å². The number of likely N-dealkylation sites (tertiary alicyclic amines) is 1. The van der Waals surface area contributed by atoms with E-state index in [4.69, 9.17) is 11.6 Å². The number of hydrogen-bond acceptors (Lipinski definition) is 1. The molecule has 0 aliphatic carbocycles. The van der Waals surface area contributed by atoms with Gasteiger partial charge in [-0.1, -0.05) is 29.8 Å². The van der Waals surface area contributed by atoms with Crippen LogP contribution in [0.25, 0.3) is 0 Å². The molecule has 2 rings (SSSR count). The van der Waals surface area contributed by atoms with Gasteiger partial charge in [-0.25, -0.2) is 0 Å². The summed E-state index contributed by atoms with van der Waals surface area (Å²) in [6.45, 7) is 1.19. The van der Waals surface area contributed by atoms with Crippen LogP contribution in [-0.4, -0.2) is 18.5 Å². The molecule has 1 aromatic carbocycles. The first-order valence-corrected chi connectivity index (χ1v) is 4.61. The topological polar surface area (TPSA) is 3.24 Å². The first kappa shape index (κ1) is 8.09. The molecule has 2 heteroatoms. The summed E-state index contributed by atoms with van der Waals surface area (Å²) >= 11 is 6.07. The molecule has 1 aliphatic heterocycles. The minimum Gasteiger partial charge on any atom is -0.299 e. The Kier molecular flexibility index (Phi) is 2.07. The minimum absolute atomic E-state index is 0.554. The first-order valence-electron chi connectivity index (χ1n) is 4.23. The van der Waals surface area contributed by atoms with Crippen LogP contribution in [0.15, 0.2) is 24.3 Å². The average molecular weight is 182 g/mol. The zero-order valence-electron chi connectivity index (χ0n) is 7.13. The van der Waals surface area contributed by atoms with E-state index in [-0.39, 0.29) is 0 Å². The Labute approximate surface area is 77.9 Å². The fraction of sp³-hybridized carbons (Fsp3) is 0.400. The Morgan fingerprint density at radius 2 is 2.17 bits per heavy atom. The molecule has 0 saturated carbocycles. The van der Waals surface area contributed by atoms with Crippen LogP contribution in [0.5, 0.6) is 0 Å². The van der Waals surface area contributed by atoms with Crippen LogP contribution in [-0.2, 0) is 0 Å². The quantitative estimate of drug-likeness (QED) is 0.644. The molecule has 1 nitrogen and oxygen atoms in total. The lowest BCUT2D eigenvalue weighted by Gasteiger charge is -2.38. The van der Waals surface area contributed by atoms with Crippen LogP contribution in [0.4, 0.5) is 0 Å². The lowest BCUT2D eigenvalue weighted by atomic mass is 9.96. The molecular formula is C10H12ClN. The van der Waals surface area contributed by atoms with Crippen molar-refractivity contribution in [2.24, 2.45) is 0 Å². The zero-order valence-corrected chi connectivity index (χ0v) is 7.88. The molecule has 0 unspecified atom stereocenters. The van der Waals surface area contributed by atoms with E-state index in [0.29, 0.717) is 6.04 Å². The maximum Gasteiger partial charge on any atom is 0.0453 e. The SMILES string of the molecule is CN1CC[C@H]1c1ccccc1Cl. The van der Waals surface area contributed by atoms with Crippen molar-refractivity contribution in [3.8, 4) is 0 Å². The van der Waals surface area contributed by atoms with Crippen molar-refractivity contribution in [1.82, 2.24) is 4.90 Å². The maximum atomic E-state index is 6.07. The largest absolute Gasteiger partial charge is 0.299 e. The number of hydrogen-bond donors (Lipinski definition) is 0. The summed E-state index contributed by atoms with van der Waals surface area (Å²) < 4.78 is 0. The summed E-state index contributed by atoms with van der Waals surface area (Å²) in [7, 11) is 2.14. The molecule has 0 bridgehead atoms. The highest BCUT2D eigenvalue weighted by Crippen LogP contribution is 2.35. The van der Waals surface area contributed by atoms with Crippen molar-refractivity contribution < 1.29 is 0 Å². The van der Waals surface area contributed by atoms with Crippen molar-refractivity contribution in [3.05, 3.63) is 34.9 Å². The van der Waals surface area contributed by atoms with Gasteiger partial charge in [0.1, 0.15) is 0 Å². The van der Waals surface area contributed by atoms with Crippen LogP contribution >= 0.6 is 11.6 Å². The number of halogens is 1. The molecule has 12 heavy (non-hydrogen) atoms. The van der Waals surface area contributed by atoms with Crippen molar-refractivity contribution >= 4 is 11.6 Å². The van der Waals surface area contributed by atoms with Crippen LogP contribution in [0, 0.1) is 0 Å². The zero-order chi connectivity index (χ0) is 8.55. The second kappa shape index (κ2) is 3.08. The summed E-state index contributed by atoms with van der Waals surface area (Å²) in [5, 5.41) is 0.897. The van der Waals surface area contributed by atoms with E-state index in [9.17, 15) is 0 Å². The van der Waals surface area contributed by atoms with Crippen LogP contribution in [0.3, 0.4) is 0 Å². The van der Waals surface area contributed by atoms with Gasteiger partial charge < -0.3 is 0 Å². The molecule has 0 N–H and O–H groups in total. The smallest absolute Gasteiger partial charge is 0.0453 e. The van der Waals surface area contributed by atoms with E-state index in [0.717, 1.165) is 5.02 Å². The Hall–Kier alpha value is -0.530. The van der Waals surface area contributed by atoms with E-state index in [1.54, 1.807) is 0 Å². The predicted molar refractivity (Wildman–Crippen MR) is 51.4 cm³/mol. The van der Waals surface area contributed by atoms with Gasteiger partial charge in [-0.15, -0.1) is 0 Å². The summed E-state index contributed by atoms with van der Waals surface area (Å²) in [5.41, 5.74) is 1.27. The van der Waals surface area contributed by atoms with Crippen molar-refractivity contribution in [3.63, 3.8) is 0 Å². The number of benzene rings is 1. The molecule has 0 amide bonds. The number of rotatable bonds is 1. The second-order valence-electron chi connectivity index (χ2n) is 3.31. The highest BCUT2D eigenvalue weighted by Gasteiger charge is 2.26. The molecule has 1 aromatic rings. The van der Waals surface area contributed by atoms with Gasteiger partial charge in [0.05, 0.1) is 0 Å². The predicted octanol–water partition coefficient (Wildman–Crippen LogP) is 2.72. The van der Waals surface area contributed by atoms with E-state index >= 15 is 0 Å². The molecule has 0 aromatic heterocycles. The van der Waals surface area contributed by atoms with E-state index in [1.807, 2.05) is 18.2 Å². The minimum atomic E-state index is 0.554. The Bertz CT molecular complexity index is 285. The molecule has 1 saturated heterocycles. The molecule has 1 heterocycles. The van der Waals surface area contributed by atoms with Crippen molar-refractivity contribution in [2.45, 2.75) is 12.5 Å². The van der Waals surface area contributed by atoms with Crippen molar-refractivity contribution in [1.29, 1.82) is 0 Å². The van der Waals surface area contributed by atoms with Gasteiger partial charge in [0, 0.05) is 17.6 Å². The molecule has 0 spiro atoms. The lowest BCUT2D eigenvalue weighted by molar-refractivity contribution is 0.128. The fourth-order valence-electron chi connectivity index (χ4n) is 1.65. The molecule has 1 atom stereocenters. The van der Waals surface area contributed by atoms with Crippen LogP contribution in [0.1, 0.15) is 18.0 Å². The van der Waals surface area contributed by atoms with E-state index in [1.165, 1.54) is 18.5 Å². The third kappa shape index (κ3) is 1.23. The highest BCUT2D eigenvalue weighted by atomic mass is 35.5. The third-order valence-electron chi connectivity index (χ3n) is 2.55. The van der Waals surface area contributed by atoms with Crippen LogP contribution in [0.2, 0.25) is 5.02 Å². The molecular weight excluding hydrogens is 170 g/mol. The van der Waals surface area contributed by atoms with Gasteiger partial charge in [0.2, 0.25) is 0 Å². The second-order valence-corrected chi connectivity index (χ2v) is 3.71. The highest BCUT2D eigenvalue weighted by molar-refractivity contribution is 6.31. The maximum absolute atomic E-state index is 6.07. The summed E-state index contributed by atoms with van der Waals surface area (Å²) in [5.74, 6) is 0. The number of nitrogens with zero attached hydrogens (tertiary/aromatic N) is 1. The average Bonchev–Trinajstić information content (AvgIpc) is 2.06. The van der Waals surface area contributed by atoms with Gasteiger partial charge in [-0.2, -0.15) is 0 Å². The Balaban J connectivity index is 2.27. The van der Waals surface area contributed by atoms with Crippen LogP contribution < -0.4 is 0 Å². The summed E-state index contributed by atoms with van der Waals surface area (Å²) in [6.07, 6.45) is 1.24. The third-order valence-corrected chi connectivity index (χ3v) is 2.90. The van der Waals surface area contributed by atoms with E-state index in [2.05, 4.69) is 18.0 Å². The Morgan fingerprint density at radius 1 is 1.42 bits per heavy atom. The molecule has 64 valence electrons. The normalized spacial score (nSPS) is 23.7.